The van der Waals surface area contributed by atoms with Crippen LogP contribution in [0.3, 0.4) is 0 Å². The van der Waals surface area contributed by atoms with E-state index in [9.17, 15) is 0 Å². The number of benzene rings is 2. The van der Waals surface area contributed by atoms with E-state index in [1.807, 2.05) is 0 Å². The number of hydrogen-bond acceptors (Lipinski definition) is 0. The molecule has 0 heteroatoms. The summed E-state index contributed by atoms with van der Waals surface area (Å²) in [6.45, 7) is 4.61. The molecule has 0 saturated carbocycles. The first-order valence-electron chi connectivity index (χ1n) is 8.65. The van der Waals surface area contributed by atoms with Crippen LogP contribution in [0.2, 0.25) is 0 Å². The van der Waals surface area contributed by atoms with E-state index >= 15 is 0 Å². The lowest BCUT2D eigenvalue weighted by molar-refractivity contribution is 0.893. The Kier molecular flexibility index (Phi) is 3.41. The Labute approximate surface area is 133 Å². The van der Waals surface area contributed by atoms with E-state index in [0.29, 0.717) is 5.92 Å². The van der Waals surface area contributed by atoms with Crippen LogP contribution in [0.4, 0.5) is 0 Å². The van der Waals surface area contributed by atoms with Crippen LogP contribution in [0.5, 0.6) is 0 Å². The van der Waals surface area contributed by atoms with Gasteiger partial charge in [-0.2, -0.15) is 0 Å². The fourth-order valence-electron chi connectivity index (χ4n) is 4.03. The molecule has 5 aliphatic carbocycles. The maximum absolute atomic E-state index is 2.50. The Morgan fingerprint density at radius 3 is 2.05 bits per heavy atom. The van der Waals surface area contributed by atoms with E-state index in [2.05, 4.69) is 56.3 Å². The van der Waals surface area contributed by atoms with E-state index in [1.165, 1.54) is 23.1 Å². The zero-order valence-electron chi connectivity index (χ0n) is 13.7. The first kappa shape index (κ1) is 13.8. The number of allylic oxidation sites excluding steroid dienone is 2. The van der Waals surface area contributed by atoms with Crippen LogP contribution >= 0.6 is 0 Å². The van der Waals surface area contributed by atoms with Crippen LogP contribution in [0, 0.1) is 0 Å². The molecule has 0 aromatic heterocycles. The lowest BCUT2D eigenvalue weighted by atomic mass is 9.90. The molecule has 1 atom stereocenters. The maximum atomic E-state index is 2.50. The lowest BCUT2D eigenvalue weighted by Gasteiger charge is -2.15. The van der Waals surface area contributed by atoms with Gasteiger partial charge in [0.15, 0.2) is 0 Å². The van der Waals surface area contributed by atoms with Crippen LogP contribution in [0.25, 0.3) is 0 Å². The Morgan fingerprint density at radius 1 is 0.818 bits per heavy atom. The molecule has 0 nitrogen and oxygen atoms in total. The molecule has 5 aliphatic rings. The van der Waals surface area contributed by atoms with Crippen molar-refractivity contribution in [2.24, 2.45) is 0 Å². The van der Waals surface area contributed by atoms with Gasteiger partial charge in [-0.05, 0) is 66.8 Å². The van der Waals surface area contributed by atoms with Crippen molar-refractivity contribution >= 4 is 0 Å². The second-order valence-corrected chi connectivity index (χ2v) is 6.84. The third-order valence-corrected chi connectivity index (χ3v) is 5.52. The molecule has 0 spiro atoms. The van der Waals surface area contributed by atoms with Gasteiger partial charge in [-0.15, -0.1) is 0 Å². The highest BCUT2D eigenvalue weighted by Crippen LogP contribution is 2.50. The normalized spacial score (nSPS) is 20.0. The summed E-state index contributed by atoms with van der Waals surface area (Å²) in [7, 11) is 0. The predicted octanol–water partition coefficient (Wildman–Crippen LogP) is 5.39. The number of hydrogen-bond donors (Lipinski definition) is 0. The summed E-state index contributed by atoms with van der Waals surface area (Å²) >= 11 is 0. The lowest BCUT2D eigenvalue weighted by Crippen LogP contribution is -2.02. The van der Waals surface area contributed by atoms with E-state index in [-0.39, 0.29) is 0 Å². The third-order valence-electron chi connectivity index (χ3n) is 5.52. The van der Waals surface area contributed by atoms with Crippen molar-refractivity contribution in [1.82, 2.24) is 0 Å². The minimum Gasteiger partial charge on any atom is -0.0616 e. The van der Waals surface area contributed by atoms with Gasteiger partial charge >= 0.3 is 0 Å². The second-order valence-electron chi connectivity index (χ2n) is 6.84. The van der Waals surface area contributed by atoms with Crippen LogP contribution in [0.1, 0.15) is 54.0 Å². The Morgan fingerprint density at radius 2 is 1.41 bits per heavy atom. The maximum Gasteiger partial charge on any atom is 0.0263 e. The SMILES string of the molecule is CCC1=C(C)C1c1cc2ccc1CCc1ccc(cc1)CC2. The molecule has 0 N–H and O–H groups in total. The Hall–Kier alpha value is -1.82. The number of aryl methyl sites for hydroxylation is 4. The molecule has 7 rings (SSSR count). The van der Waals surface area contributed by atoms with Gasteiger partial charge in [-0.3, -0.25) is 0 Å². The van der Waals surface area contributed by atoms with E-state index < -0.39 is 0 Å². The molecule has 0 heterocycles. The second kappa shape index (κ2) is 5.43. The van der Waals surface area contributed by atoms with Gasteiger partial charge < -0.3 is 0 Å². The average Bonchev–Trinajstić information content (AvgIpc) is 3.19. The van der Waals surface area contributed by atoms with Crippen LogP contribution < -0.4 is 0 Å². The van der Waals surface area contributed by atoms with E-state index in [1.54, 1.807) is 22.3 Å². The first-order chi connectivity index (χ1) is 10.8. The third kappa shape index (κ3) is 2.41. The van der Waals surface area contributed by atoms with Crippen molar-refractivity contribution in [2.45, 2.75) is 51.9 Å². The van der Waals surface area contributed by atoms with Crippen molar-refractivity contribution in [1.29, 1.82) is 0 Å². The van der Waals surface area contributed by atoms with Gasteiger partial charge in [-0.1, -0.05) is 60.5 Å². The monoisotopic (exact) mass is 288 g/mol. The summed E-state index contributed by atoms with van der Waals surface area (Å²) in [6.07, 6.45) is 5.83. The highest BCUT2D eigenvalue weighted by molar-refractivity contribution is 5.56. The van der Waals surface area contributed by atoms with Crippen molar-refractivity contribution < 1.29 is 0 Å². The fraction of sp³-hybridized carbons (Fsp3) is 0.364. The molecule has 0 radical (unpaired) electrons. The summed E-state index contributed by atoms with van der Waals surface area (Å²) < 4.78 is 0. The molecule has 0 amide bonds. The van der Waals surface area contributed by atoms with Crippen molar-refractivity contribution in [3.8, 4) is 0 Å². The highest BCUT2D eigenvalue weighted by Gasteiger charge is 2.34. The Balaban J connectivity index is 1.71. The summed E-state index contributed by atoms with van der Waals surface area (Å²) in [5.41, 5.74) is 10.9. The number of rotatable bonds is 2. The summed E-state index contributed by atoms with van der Waals surface area (Å²) in [4.78, 5) is 0. The van der Waals surface area contributed by atoms with Crippen LogP contribution in [0.15, 0.2) is 53.6 Å². The molecule has 0 fully saturated rings. The Bertz CT molecular complexity index is 731. The minimum atomic E-state index is 0.656. The molecule has 0 aliphatic heterocycles. The topological polar surface area (TPSA) is 0 Å². The predicted molar refractivity (Wildman–Crippen MR) is 93.4 cm³/mol. The molecular weight excluding hydrogens is 264 g/mol. The van der Waals surface area contributed by atoms with Gasteiger partial charge in [0.25, 0.3) is 0 Å². The van der Waals surface area contributed by atoms with E-state index in [0.717, 1.165) is 25.7 Å². The molecule has 112 valence electrons. The van der Waals surface area contributed by atoms with Gasteiger partial charge in [0, 0.05) is 5.92 Å². The molecule has 4 bridgehead atoms. The zero-order valence-corrected chi connectivity index (χ0v) is 13.7. The van der Waals surface area contributed by atoms with Crippen molar-refractivity contribution in [2.75, 3.05) is 0 Å². The first-order valence-corrected chi connectivity index (χ1v) is 8.65. The minimum absolute atomic E-state index is 0.656. The fourth-order valence-corrected chi connectivity index (χ4v) is 4.03. The van der Waals surface area contributed by atoms with Gasteiger partial charge in [0.1, 0.15) is 0 Å². The van der Waals surface area contributed by atoms with Crippen molar-refractivity contribution in [3.63, 3.8) is 0 Å². The molecule has 22 heavy (non-hydrogen) atoms. The molecule has 1 unspecified atom stereocenters. The summed E-state index contributed by atoms with van der Waals surface area (Å²) in [5.74, 6) is 0.656. The molecule has 2 aromatic rings. The zero-order chi connectivity index (χ0) is 15.1. The quantitative estimate of drug-likeness (QED) is 0.650. The molecule has 2 aromatic carbocycles. The largest absolute Gasteiger partial charge is 0.0616 e. The van der Waals surface area contributed by atoms with E-state index in [4.69, 9.17) is 0 Å². The van der Waals surface area contributed by atoms with Crippen LogP contribution in [-0.2, 0) is 25.7 Å². The van der Waals surface area contributed by atoms with Crippen LogP contribution in [-0.4, -0.2) is 0 Å². The smallest absolute Gasteiger partial charge is 0.0263 e. The molecular formula is C22H24. The van der Waals surface area contributed by atoms with Gasteiger partial charge in [0.05, 0.1) is 0 Å². The molecule has 0 saturated heterocycles. The standard InChI is InChI=1S/C22H24/c1-3-20-15(2)22(20)21-14-18-9-8-16-4-6-17(7-5-16)10-12-19(21)13-11-18/h4-7,11,13-14,22H,3,8-10,12H2,1-2H3. The van der Waals surface area contributed by atoms with Crippen molar-refractivity contribution in [3.05, 3.63) is 81.4 Å². The van der Waals surface area contributed by atoms with Gasteiger partial charge in [-0.25, -0.2) is 0 Å². The average molecular weight is 288 g/mol. The summed E-state index contributed by atoms with van der Waals surface area (Å²) in [5, 5.41) is 0. The van der Waals surface area contributed by atoms with Gasteiger partial charge in [0.2, 0.25) is 0 Å². The summed E-state index contributed by atoms with van der Waals surface area (Å²) in [6, 6.07) is 16.5. The highest BCUT2D eigenvalue weighted by atomic mass is 14.4.